The van der Waals surface area contributed by atoms with Crippen LogP contribution in [0, 0.1) is 6.92 Å². The third-order valence-electron chi connectivity index (χ3n) is 6.33. The summed E-state index contributed by atoms with van der Waals surface area (Å²) in [6, 6.07) is 21.7. The van der Waals surface area contributed by atoms with Gasteiger partial charge >= 0.3 is 0 Å². The number of nitrogens with zero attached hydrogens (tertiary/aromatic N) is 5. The van der Waals surface area contributed by atoms with Crippen LogP contribution in [0.25, 0.3) is 22.3 Å². The Kier molecular flexibility index (Phi) is 7.39. The Balaban J connectivity index is 1.49. The predicted octanol–water partition coefficient (Wildman–Crippen LogP) is 5.59. The SMILES string of the molecule is CCCc1nc2c(C)ccnc2n1Cc1ccc(-c2cccnc2N(C(=O)c2ccccc2)S(=O)O)cc1. The van der Waals surface area contributed by atoms with Crippen LogP contribution in [0.4, 0.5) is 5.82 Å². The molecule has 0 aliphatic carbocycles. The van der Waals surface area contributed by atoms with Crippen molar-refractivity contribution in [3.63, 3.8) is 0 Å². The van der Waals surface area contributed by atoms with E-state index in [0.717, 1.165) is 50.8 Å². The first kappa shape index (κ1) is 25.4. The molecule has 2 aromatic carbocycles. The summed E-state index contributed by atoms with van der Waals surface area (Å²) in [7, 11) is 0. The average Bonchev–Trinajstić information content (AvgIpc) is 3.28. The van der Waals surface area contributed by atoms with Gasteiger partial charge in [-0.05, 0) is 60.4 Å². The molecule has 1 atom stereocenters. The summed E-state index contributed by atoms with van der Waals surface area (Å²) in [5.41, 5.74) is 5.58. The number of anilines is 1. The minimum absolute atomic E-state index is 0.112. The second-order valence-corrected chi connectivity index (χ2v) is 9.76. The van der Waals surface area contributed by atoms with Crippen molar-refractivity contribution in [1.29, 1.82) is 0 Å². The van der Waals surface area contributed by atoms with Gasteiger partial charge < -0.3 is 4.57 Å². The average molecular weight is 526 g/mol. The number of aromatic nitrogens is 4. The lowest BCUT2D eigenvalue weighted by Crippen LogP contribution is -2.33. The first-order valence-electron chi connectivity index (χ1n) is 12.3. The summed E-state index contributed by atoms with van der Waals surface area (Å²) in [5.74, 6) is 0.505. The summed E-state index contributed by atoms with van der Waals surface area (Å²) in [6.07, 6.45) is 5.15. The largest absolute Gasteiger partial charge is 0.308 e. The molecule has 192 valence electrons. The van der Waals surface area contributed by atoms with E-state index in [1.54, 1.807) is 42.5 Å². The number of amides is 1. The monoisotopic (exact) mass is 525 g/mol. The molecule has 0 fully saturated rings. The van der Waals surface area contributed by atoms with Crippen molar-refractivity contribution in [3.05, 3.63) is 108 Å². The Morgan fingerprint density at radius 3 is 2.45 bits per heavy atom. The van der Waals surface area contributed by atoms with Gasteiger partial charge in [0.25, 0.3) is 17.2 Å². The number of carbonyl (C=O) groups is 1. The summed E-state index contributed by atoms with van der Waals surface area (Å²) in [6.45, 7) is 4.79. The van der Waals surface area contributed by atoms with Gasteiger partial charge in [-0.3, -0.25) is 9.35 Å². The number of aryl methyl sites for hydroxylation is 2. The molecule has 0 aliphatic rings. The third kappa shape index (κ3) is 4.98. The summed E-state index contributed by atoms with van der Waals surface area (Å²) >= 11 is -2.61. The van der Waals surface area contributed by atoms with Crippen LogP contribution in [-0.2, 0) is 24.2 Å². The standard InChI is InChI=1S/C29H27N5O3S/c1-3-8-25-32-26-20(2)16-18-31-28(26)33(25)19-21-12-14-22(15-13-21)24-11-7-17-30-27(24)34(38(36)37)29(35)23-9-5-4-6-10-23/h4-7,9-18H,3,8,19H2,1-2H3,(H,36,37). The Hall–Kier alpha value is -4.21. The van der Waals surface area contributed by atoms with E-state index in [1.165, 1.54) is 6.20 Å². The van der Waals surface area contributed by atoms with Gasteiger partial charge in [-0.2, -0.15) is 4.31 Å². The van der Waals surface area contributed by atoms with Crippen molar-refractivity contribution in [2.24, 2.45) is 0 Å². The Labute approximate surface area is 223 Å². The van der Waals surface area contributed by atoms with Crippen LogP contribution in [0.1, 0.15) is 40.7 Å². The molecule has 1 N–H and O–H groups in total. The molecule has 3 heterocycles. The minimum atomic E-state index is -2.61. The van der Waals surface area contributed by atoms with Gasteiger partial charge in [0, 0.05) is 29.9 Å². The zero-order valence-electron chi connectivity index (χ0n) is 21.1. The molecule has 1 amide bonds. The van der Waals surface area contributed by atoms with Crippen molar-refractivity contribution < 1.29 is 13.6 Å². The first-order chi connectivity index (χ1) is 18.5. The Bertz CT molecular complexity index is 1620. The molecular formula is C29H27N5O3S. The topological polar surface area (TPSA) is 101 Å². The van der Waals surface area contributed by atoms with Crippen LogP contribution in [0.15, 0.2) is 85.2 Å². The van der Waals surface area contributed by atoms with E-state index in [9.17, 15) is 13.6 Å². The van der Waals surface area contributed by atoms with Crippen molar-refractivity contribution in [2.75, 3.05) is 4.31 Å². The molecule has 9 heteroatoms. The maximum absolute atomic E-state index is 13.1. The lowest BCUT2D eigenvalue weighted by Gasteiger charge is -2.20. The Morgan fingerprint density at radius 1 is 0.974 bits per heavy atom. The number of hydrogen-bond donors (Lipinski definition) is 1. The number of imidazole rings is 1. The van der Waals surface area contributed by atoms with E-state index < -0.39 is 17.2 Å². The molecule has 0 spiro atoms. The van der Waals surface area contributed by atoms with Gasteiger partial charge in [0.15, 0.2) is 11.5 Å². The van der Waals surface area contributed by atoms with E-state index in [1.807, 2.05) is 43.5 Å². The summed E-state index contributed by atoms with van der Waals surface area (Å²) < 4.78 is 25.3. The molecule has 0 aliphatic heterocycles. The third-order valence-corrected chi connectivity index (χ3v) is 6.99. The molecule has 8 nitrogen and oxygen atoms in total. The van der Waals surface area contributed by atoms with E-state index >= 15 is 0 Å². The van der Waals surface area contributed by atoms with E-state index in [0.29, 0.717) is 17.7 Å². The Morgan fingerprint density at radius 2 is 1.74 bits per heavy atom. The van der Waals surface area contributed by atoms with Crippen LogP contribution in [0.5, 0.6) is 0 Å². The summed E-state index contributed by atoms with van der Waals surface area (Å²) in [5, 5.41) is 0. The normalized spacial score (nSPS) is 12.0. The molecule has 38 heavy (non-hydrogen) atoms. The molecule has 1 unspecified atom stereocenters. The van der Waals surface area contributed by atoms with E-state index in [2.05, 4.69) is 21.5 Å². The highest BCUT2D eigenvalue weighted by molar-refractivity contribution is 7.81. The molecule has 5 aromatic rings. The fourth-order valence-corrected chi connectivity index (χ4v) is 5.00. The number of benzene rings is 2. The molecule has 5 rings (SSSR count). The molecule has 0 saturated heterocycles. The zero-order chi connectivity index (χ0) is 26.6. The number of rotatable bonds is 8. The maximum Gasteiger partial charge on any atom is 0.273 e. The molecule has 0 radical (unpaired) electrons. The van der Waals surface area contributed by atoms with Crippen molar-refractivity contribution >= 4 is 34.2 Å². The first-order valence-corrected chi connectivity index (χ1v) is 13.4. The fraction of sp³-hybridized carbons (Fsp3) is 0.172. The lowest BCUT2D eigenvalue weighted by atomic mass is 10.0. The second-order valence-electron chi connectivity index (χ2n) is 8.93. The number of fused-ring (bicyclic) bond motifs is 1. The van der Waals surface area contributed by atoms with Gasteiger partial charge in [0.05, 0.1) is 6.54 Å². The molecule has 3 aromatic heterocycles. The smallest absolute Gasteiger partial charge is 0.273 e. The predicted molar refractivity (Wildman–Crippen MR) is 149 cm³/mol. The van der Waals surface area contributed by atoms with Crippen LogP contribution < -0.4 is 4.31 Å². The number of pyridine rings is 2. The fourth-order valence-electron chi connectivity index (χ4n) is 4.46. The van der Waals surface area contributed by atoms with E-state index in [4.69, 9.17) is 4.98 Å². The minimum Gasteiger partial charge on any atom is -0.308 e. The second kappa shape index (κ2) is 11.0. The van der Waals surface area contributed by atoms with Gasteiger partial charge in [-0.25, -0.2) is 19.2 Å². The molecule has 0 saturated carbocycles. The number of hydrogen-bond acceptors (Lipinski definition) is 5. The van der Waals surface area contributed by atoms with Crippen molar-refractivity contribution in [1.82, 2.24) is 19.5 Å². The van der Waals surface area contributed by atoms with Gasteiger partial charge in [0.1, 0.15) is 11.3 Å². The highest BCUT2D eigenvalue weighted by atomic mass is 32.2. The van der Waals surface area contributed by atoms with Crippen LogP contribution in [0.2, 0.25) is 0 Å². The lowest BCUT2D eigenvalue weighted by molar-refractivity contribution is 0.100. The van der Waals surface area contributed by atoms with Crippen molar-refractivity contribution in [3.8, 4) is 11.1 Å². The summed E-state index contributed by atoms with van der Waals surface area (Å²) in [4.78, 5) is 26.9. The van der Waals surface area contributed by atoms with Gasteiger partial charge in [-0.15, -0.1) is 0 Å². The zero-order valence-corrected chi connectivity index (χ0v) is 21.9. The van der Waals surface area contributed by atoms with Crippen LogP contribution >= 0.6 is 0 Å². The van der Waals surface area contributed by atoms with Crippen molar-refractivity contribution in [2.45, 2.75) is 33.2 Å². The number of carbonyl (C=O) groups excluding carboxylic acids is 1. The highest BCUT2D eigenvalue weighted by Crippen LogP contribution is 2.31. The molecular weight excluding hydrogens is 498 g/mol. The van der Waals surface area contributed by atoms with Crippen LogP contribution in [0.3, 0.4) is 0 Å². The van der Waals surface area contributed by atoms with Gasteiger partial charge in [-0.1, -0.05) is 49.4 Å². The van der Waals surface area contributed by atoms with Gasteiger partial charge in [0.2, 0.25) is 0 Å². The van der Waals surface area contributed by atoms with Crippen LogP contribution in [-0.4, -0.2) is 34.2 Å². The quantitative estimate of drug-likeness (QED) is 0.265. The molecule has 0 bridgehead atoms. The maximum atomic E-state index is 13.1. The van der Waals surface area contributed by atoms with E-state index in [-0.39, 0.29) is 5.82 Å². The highest BCUT2D eigenvalue weighted by Gasteiger charge is 2.27.